The predicted octanol–water partition coefficient (Wildman–Crippen LogP) is 2.36. The minimum Gasteiger partial charge on any atom is -0.368 e. The normalized spacial score (nSPS) is 11.3. The van der Waals surface area contributed by atoms with Gasteiger partial charge in [-0.25, -0.2) is 13.1 Å². The standard InChI is InChI=1S/C18H21ClN4O5S/c1-21(2)11-12-22(3)16-6-4-5-15(17(16)23(25)26)18(24)20-29(27,28)14-9-7-13(19)8-10-14/h4-10H,11-12H2,1-3H3,(H,20,24). The fraction of sp³-hybridized carbons (Fsp3) is 0.278. The van der Waals surface area contributed by atoms with Crippen LogP contribution in [-0.4, -0.2) is 58.4 Å². The van der Waals surface area contributed by atoms with Gasteiger partial charge in [0.05, 0.1) is 9.82 Å². The number of anilines is 1. The second kappa shape index (κ2) is 9.21. The van der Waals surface area contributed by atoms with Crippen LogP contribution in [0.5, 0.6) is 0 Å². The van der Waals surface area contributed by atoms with E-state index in [1.54, 1.807) is 11.9 Å². The Hall–Kier alpha value is -2.69. The zero-order valence-corrected chi connectivity index (χ0v) is 17.7. The lowest BCUT2D eigenvalue weighted by Crippen LogP contribution is -2.32. The van der Waals surface area contributed by atoms with Gasteiger partial charge in [0.15, 0.2) is 0 Å². The SMILES string of the molecule is CN(C)CCN(C)c1cccc(C(=O)NS(=O)(=O)c2ccc(Cl)cc2)c1[N+](=O)[O-]. The molecule has 0 heterocycles. The molecule has 0 saturated carbocycles. The third kappa shape index (κ3) is 5.66. The van der Waals surface area contributed by atoms with Gasteiger partial charge < -0.3 is 9.80 Å². The molecule has 29 heavy (non-hydrogen) atoms. The van der Waals surface area contributed by atoms with Crippen LogP contribution in [-0.2, 0) is 10.0 Å². The van der Waals surface area contributed by atoms with Gasteiger partial charge in [-0.3, -0.25) is 14.9 Å². The summed E-state index contributed by atoms with van der Waals surface area (Å²) in [5.74, 6) is -1.09. The molecule has 0 saturated heterocycles. The van der Waals surface area contributed by atoms with Crippen molar-refractivity contribution in [2.45, 2.75) is 4.90 Å². The lowest BCUT2D eigenvalue weighted by molar-refractivity contribution is -0.384. The highest BCUT2D eigenvalue weighted by Crippen LogP contribution is 2.31. The van der Waals surface area contributed by atoms with Crippen LogP contribution in [0.4, 0.5) is 11.4 Å². The van der Waals surface area contributed by atoms with Crippen molar-refractivity contribution >= 4 is 38.9 Å². The van der Waals surface area contributed by atoms with E-state index in [2.05, 4.69) is 0 Å². The molecule has 9 nitrogen and oxygen atoms in total. The number of amides is 1. The fourth-order valence-corrected chi connectivity index (χ4v) is 3.63. The molecule has 0 radical (unpaired) electrons. The van der Waals surface area contributed by atoms with Crippen LogP contribution in [0.2, 0.25) is 5.02 Å². The van der Waals surface area contributed by atoms with Crippen LogP contribution in [0.1, 0.15) is 10.4 Å². The van der Waals surface area contributed by atoms with Crippen molar-refractivity contribution in [3.8, 4) is 0 Å². The molecule has 11 heteroatoms. The Morgan fingerprint density at radius 3 is 2.28 bits per heavy atom. The number of nitrogens with one attached hydrogen (secondary N) is 1. The Bertz CT molecular complexity index is 1010. The second-order valence-corrected chi connectivity index (χ2v) is 8.66. The highest BCUT2D eigenvalue weighted by molar-refractivity contribution is 7.90. The van der Waals surface area contributed by atoms with Crippen molar-refractivity contribution in [1.29, 1.82) is 0 Å². The number of hydrogen-bond donors (Lipinski definition) is 1. The number of carbonyl (C=O) groups excluding carboxylic acids is 1. The number of benzene rings is 2. The van der Waals surface area contributed by atoms with Crippen LogP contribution in [0.15, 0.2) is 47.4 Å². The molecule has 156 valence electrons. The van der Waals surface area contributed by atoms with E-state index in [0.29, 0.717) is 18.1 Å². The topological polar surface area (TPSA) is 113 Å². The first-order chi connectivity index (χ1) is 13.5. The third-order valence-corrected chi connectivity index (χ3v) is 5.69. The van der Waals surface area contributed by atoms with Crippen LogP contribution in [0.3, 0.4) is 0 Å². The number of carbonyl (C=O) groups is 1. The molecule has 0 aliphatic heterocycles. The van der Waals surface area contributed by atoms with E-state index in [1.807, 2.05) is 23.7 Å². The number of para-hydroxylation sites is 1. The summed E-state index contributed by atoms with van der Waals surface area (Å²) in [6.45, 7) is 1.11. The van der Waals surface area contributed by atoms with Gasteiger partial charge in [-0.05, 0) is 50.5 Å². The molecule has 0 bridgehead atoms. The molecule has 2 aromatic carbocycles. The molecular formula is C18H21ClN4O5S. The Kier molecular flexibility index (Phi) is 7.17. The van der Waals surface area contributed by atoms with E-state index in [0.717, 1.165) is 0 Å². The monoisotopic (exact) mass is 440 g/mol. The van der Waals surface area contributed by atoms with Gasteiger partial charge in [0.2, 0.25) is 0 Å². The zero-order valence-electron chi connectivity index (χ0n) is 16.1. The van der Waals surface area contributed by atoms with E-state index < -0.39 is 26.5 Å². The summed E-state index contributed by atoms with van der Waals surface area (Å²) in [7, 11) is 1.18. The Morgan fingerprint density at radius 1 is 1.10 bits per heavy atom. The van der Waals surface area contributed by atoms with Gasteiger partial charge in [0.1, 0.15) is 11.3 Å². The number of nitro groups is 1. The maximum atomic E-state index is 12.6. The van der Waals surface area contributed by atoms with Gasteiger partial charge in [-0.2, -0.15) is 0 Å². The Morgan fingerprint density at radius 2 is 1.72 bits per heavy atom. The van der Waals surface area contributed by atoms with Crippen molar-refractivity contribution in [2.75, 3.05) is 39.1 Å². The maximum Gasteiger partial charge on any atom is 0.305 e. The minimum absolute atomic E-state index is 0.183. The summed E-state index contributed by atoms with van der Waals surface area (Å²) < 4.78 is 26.8. The summed E-state index contributed by atoms with van der Waals surface area (Å²) >= 11 is 5.75. The number of rotatable bonds is 8. The van der Waals surface area contributed by atoms with E-state index in [1.165, 1.54) is 42.5 Å². The van der Waals surface area contributed by atoms with Crippen LogP contribution in [0.25, 0.3) is 0 Å². The quantitative estimate of drug-likeness (QED) is 0.495. The maximum absolute atomic E-state index is 12.6. The average molecular weight is 441 g/mol. The molecule has 0 atom stereocenters. The molecule has 0 spiro atoms. The second-order valence-electron chi connectivity index (χ2n) is 6.54. The van der Waals surface area contributed by atoms with Crippen LogP contribution in [0, 0.1) is 10.1 Å². The number of nitrogens with zero attached hydrogens (tertiary/aromatic N) is 3. The first-order valence-electron chi connectivity index (χ1n) is 8.49. The minimum atomic E-state index is -4.22. The highest BCUT2D eigenvalue weighted by Gasteiger charge is 2.29. The number of halogens is 1. The average Bonchev–Trinajstić information content (AvgIpc) is 2.65. The van der Waals surface area contributed by atoms with Gasteiger partial charge in [0.25, 0.3) is 15.9 Å². The van der Waals surface area contributed by atoms with Crippen molar-refractivity contribution in [3.05, 3.63) is 63.2 Å². The number of likely N-dealkylation sites (N-methyl/N-ethyl adjacent to an activating group) is 2. The molecule has 0 aliphatic carbocycles. The predicted molar refractivity (Wildman–Crippen MR) is 111 cm³/mol. The smallest absolute Gasteiger partial charge is 0.305 e. The molecule has 0 aliphatic rings. The summed E-state index contributed by atoms with van der Waals surface area (Å²) in [5, 5.41) is 12.0. The molecule has 2 rings (SSSR count). The number of nitro benzene ring substituents is 1. The Labute approximate surface area is 174 Å². The van der Waals surface area contributed by atoms with Gasteiger partial charge in [-0.15, -0.1) is 0 Å². The number of hydrogen-bond acceptors (Lipinski definition) is 7. The lowest BCUT2D eigenvalue weighted by atomic mass is 10.1. The summed E-state index contributed by atoms with van der Waals surface area (Å²) in [6.07, 6.45) is 0. The van der Waals surface area contributed by atoms with Gasteiger partial charge in [0, 0.05) is 25.2 Å². The van der Waals surface area contributed by atoms with Crippen molar-refractivity contribution in [2.24, 2.45) is 0 Å². The van der Waals surface area contributed by atoms with Gasteiger partial charge >= 0.3 is 5.69 Å². The van der Waals surface area contributed by atoms with Crippen molar-refractivity contribution in [3.63, 3.8) is 0 Å². The lowest BCUT2D eigenvalue weighted by Gasteiger charge is -2.22. The van der Waals surface area contributed by atoms with E-state index >= 15 is 0 Å². The molecule has 1 N–H and O–H groups in total. The fourth-order valence-electron chi connectivity index (χ4n) is 2.53. The molecule has 1 amide bonds. The van der Waals surface area contributed by atoms with Crippen molar-refractivity contribution < 1.29 is 18.1 Å². The van der Waals surface area contributed by atoms with E-state index in [-0.39, 0.29) is 16.1 Å². The Balaban J connectivity index is 2.38. The van der Waals surface area contributed by atoms with Crippen molar-refractivity contribution in [1.82, 2.24) is 9.62 Å². The third-order valence-electron chi connectivity index (χ3n) is 4.09. The molecule has 2 aromatic rings. The number of sulfonamides is 1. The summed E-state index contributed by atoms with van der Waals surface area (Å²) in [5.41, 5.74) is -0.590. The van der Waals surface area contributed by atoms with Gasteiger partial charge in [-0.1, -0.05) is 17.7 Å². The first-order valence-corrected chi connectivity index (χ1v) is 10.3. The summed E-state index contributed by atoms with van der Waals surface area (Å²) in [4.78, 5) is 27.0. The molecule has 0 unspecified atom stereocenters. The van der Waals surface area contributed by atoms with E-state index in [4.69, 9.17) is 11.6 Å². The molecular weight excluding hydrogens is 420 g/mol. The molecule has 0 fully saturated rings. The molecule has 0 aromatic heterocycles. The van der Waals surface area contributed by atoms with Crippen LogP contribution < -0.4 is 9.62 Å². The van der Waals surface area contributed by atoms with E-state index in [9.17, 15) is 23.3 Å². The zero-order chi connectivity index (χ0) is 21.8. The van der Waals surface area contributed by atoms with Crippen LogP contribution >= 0.6 is 11.6 Å². The largest absolute Gasteiger partial charge is 0.368 e. The highest BCUT2D eigenvalue weighted by atomic mass is 35.5. The first kappa shape index (κ1) is 22.6. The summed E-state index contributed by atoms with van der Waals surface area (Å²) in [6, 6.07) is 9.40.